The Kier molecular flexibility index (Phi) is 5.89. The number of pyridine rings is 2. The predicted molar refractivity (Wildman–Crippen MR) is 121 cm³/mol. The summed E-state index contributed by atoms with van der Waals surface area (Å²) < 4.78 is 0. The number of benzene rings is 2. The maximum absolute atomic E-state index is 4.98. The molecule has 31 heavy (non-hydrogen) atoms. The van der Waals surface area contributed by atoms with Gasteiger partial charge in [-0.05, 0) is 43.1 Å². The number of nitrogens with zero attached hydrogens (tertiary/aromatic N) is 3. The summed E-state index contributed by atoms with van der Waals surface area (Å²) in [5.41, 5.74) is 6.26. The van der Waals surface area contributed by atoms with E-state index in [1.165, 1.54) is 0 Å². The molecule has 0 fully saturated rings. The Hall–Kier alpha value is -3.03. The van der Waals surface area contributed by atoms with E-state index in [9.17, 15) is 0 Å². The third-order valence-corrected chi connectivity index (χ3v) is 5.50. The van der Waals surface area contributed by atoms with Crippen LogP contribution in [0.5, 0.6) is 0 Å². The van der Waals surface area contributed by atoms with E-state index in [1.807, 2.05) is 60.7 Å². The average molecular weight is 583 g/mol. The van der Waals surface area contributed by atoms with Crippen molar-refractivity contribution in [2.24, 2.45) is 0 Å². The number of hydrogen-bond acceptors (Lipinski definition) is 2. The van der Waals surface area contributed by atoms with Gasteiger partial charge in [-0.2, -0.15) is 0 Å². The summed E-state index contributed by atoms with van der Waals surface area (Å²) in [6, 6.07) is 33.7. The van der Waals surface area contributed by atoms with Crippen LogP contribution in [-0.2, 0) is 26.5 Å². The van der Waals surface area contributed by atoms with Gasteiger partial charge in [-0.25, -0.2) is 0 Å². The zero-order valence-corrected chi connectivity index (χ0v) is 19.6. The largest absolute Gasteiger partial charge is 2.00 e. The minimum atomic E-state index is -0.354. The van der Waals surface area contributed by atoms with Gasteiger partial charge in [0.1, 0.15) is 0 Å². The van der Waals surface area contributed by atoms with Gasteiger partial charge in [0, 0.05) is 16.8 Å². The van der Waals surface area contributed by atoms with Crippen molar-refractivity contribution >= 4 is 10.9 Å². The molecule has 3 aromatic heterocycles. The molecule has 0 saturated heterocycles. The number of fused-ring (bicyclic) bond motifs is 1. The van der Waals surface area contributed by atoms with E-state index in [1.54, 1.807) is 0 Å². The van der Waals surface area contributed by atoms with Gasteiger partial charge in [0.05, 0.1) is 5.69 Å². The number of hydrogen-bond donors (Lipinski definition) is 0. The third kappa shape index (κ3) is 4.11. The van der Waals surface area contributed by atoms with Crippen LogP contribution in [-0.4, -0.2) is 9.97 Å². The van der Waals surface area contributed by atoms with E-state index in [2.05, 4.69) is 50.2 Å². The molecule has 0 atom stereocenters. The third-order valence-electron chi connectivity index (χ3n) is 5.50. The smallest absolute Gasteiger partial charge is 0.656 e. The summed E-state index contributed by atoms with van der Waals surface area (Å²) in [6.45, 7) is 4.32. The number of aromatic nitrogens is 3. The molecule has 0 unspecified atom stereocenters. The molecule has 154 valence electrons. The summed E-state index contributed by atoms with van der Waals surface area (Å²) in [4.78, 5) is 14.7. The van der Waals surface area contributed by atoms with E-state index in [4.69, 9.17) is 15.0 Å². The molecule has 4 heteroatoms. The SMILES string of the molecule is CC(C)(c1cccc(-c2[c-]cccc2)n1)c1cccc(-c2cc3ccccc3[n-]2)n1.[Pt+2]. The molecule has 0 saturated carbocycles. The molecule has 0 aliphatic rings. The molecular formula is C27H21N3Pt. The molecule has 0 aliphatic heterocycles. The monoisotopic (exact) mass is 582 g/mol. The Morgan fingerprint density at radius 1 is 0.742 bits per heavy atom. The first-order valence-corrected chi connectivity index (χ1v) is 10.1. The number of para-hydroxylation sites is 1. The molecule has 2 aromatic carbocycles. The summed E-state index contributed by atoms with van der Waals surface area (Å²) in [5, 5.41) is 1.13. The minimum Gasteiger partial charge on any atom is -0.656 e. The Balaban J connectivity index is 0.00000231. The average Bonchev–Trinajstić information content (AvgIpc) is 3.24. The van der Waals surface area contributed by atoms with Crippen molar-refractivity contribution in [1.29, 1.82) is 0 Å². The minimum absolute atomic E-state index is 0. The normalized spacial score (nSPS) is 11.3. The van der Waals surface area contributed by atoms with E-state index in [0.29, 0.717) is 0 Å². The van der Waals surface area contributed by atoms with Crippen molar-refractivity contribution in [1.82, 2.24) is 15.0 Å². The summed E-state index contributed by atoms with van der Waals surface area (Å²) in [6.07, 6.45) is 0. The van der Waals surface area contributed by atoms with Crippen LogP contribution in [0.3, 0.4) is 0 Å². The van der Waals surface area contributed by atoms with Gasteiger partial charge in [0.15, 0.2) is 0 Å². The van der Waals surface area contributed by atoms with Crippen LogP contribution in [0.1, 0.15) is 25.2 Å². The Morgan fingerprint density at radius 2 is 1.42 bits per heavy atom. The second-order valence-corrected chi connectivity index (χ2v) is 7.92. The van der Waals surface area contributed by atoms with Crippen LogP contribution in [0.15, 0.2) is 91.0 Å². The standard InChI is InChI=1S/C27H21N3.Pt/c1-27(2,25-16-8-14-21(29-25)19-10-4-3-5-11-19)26-17-9-15-23(30-26)24-18-20-12-6-7-13-22(20)28-24;/h3-10,12-18H,1-2H3;/q-2;+2. The van der Waals surface area contributed by atoms with E-state index in [0.717, 1.165) is 44.9 Å². The molecule has 3 nitrogen and oxygen atoms in total. The van der Waals surface area contributed by atoms with E-state index < -0.39 is 0 Å². The zero-order chi connectivity index (χ0) is 20.6. The topological polar surface area (TPSA) is 39.9 Å². The van der Waals surface area contributed by atoms with Gasteiger partial charge in [0.25, 0.3) is 0 Å². The first-order chi connectivity index (χ1) is 14.6. The quantitative estimate of drug-likeness (QED) is 0.243. The Labute approximate surface area is 196 Å². The fourth-order valence-corrected chi connectivity index (χ4v) is 3.69. The molecule has 0 N–H and O–H groups in total. The van der Waals surface area contributed by atoms with Crippen LogP contribution in [0, 0.1) is 6.07 Å². The fraction of sp³-hybridized carbons (Fsp3) is 0.111. The summed E-state index contributed by atoms with van der Waals surface area (Å²) in [7, 11) is 0. The maximum atomic E-state index is 4.98. The summed E-state index contributed by atoms with van der Waals surface area (Å²) in [5.74, 6) is 0. The summed E-state index contributed by atoms with van der Waals surface area (Å²) >= 11 is 0. The van der Waals surface area contributed by atoms with Crippen LogP contribution >= 0.6 is 0 Å². The van der Waals surface area contributed by atoms with Crippen molar-refractivity contribution in [3.8, 4) is 22.6 Å². The number of rotatable bonds is 4. The molecule has 5 rings (SSSR count). The second kappa shape index (κ2) is 8.61. The van der Waals surface area contributed by atoms with Gasteiger partial charge in [-0.1, -0.05) is 48.5 Å². The molecular weight excluding hydrogens is 561 g/mol. The van der Waals surface area contributed by atoms with Gasteiger partial charge in [0.2, 0.25) is 0 Å². The van der Waals surface area contributed by atoms with Crippen molar-refractivity contribution in [3.63, 3.8) is 0 Å². The van der Waals surface area contributed by atoms with Crippen LogP contribution in [0.25, 0.3) is 33.5 Å². The van der Waals surface area contributed by atoms with Crippen molar-refractivity contribution in [2.75, 3.05) is 0 Å². The van der Waals surface area contributed by atoms with Crippen molar-refractivity contribution in [3.05, 3.63) is 108 Å². The van der Waals surface area contributed by atoms with E-state index in [-0.39, 0.29) is 26.5 Å². The molecule has 0 spiro atoms. The van der Waals surface area contributed by atoms with Crippen molar-refractivity contribution < 1.29 is 21.1 Å². The maximum Gasteiger partial charge on any atom is 2.00 e. The van der Waals surface area contributed by atoms with Gasteiger partial charge < -0.3 is 9.97 Å². The fourth-order valence-electron chi connectivity index (χ4n) is 3.69. The Morgan fingerprint density at radius 3 is 2.13 bits per heavy atom. The Bertz CT molecular complexity index is 1290. The van der Waals surface area contributed by atoms with E-state index >= 15 is 0 Å². The van der Waals surface area contributed by atoms with Gasteiger partial charge in [-0.15, -0.1) is 47.1 Å². The van der Waals surface area contributed by atoms with Gasteiger partial charge >= 0.3 is 21.1 Å². The zero-order valence-electron chi connectivity index (χ0n) is 17.3. The van der Waals surface area contributed by atoms with Crippen LogP contribution < -0.4 is 4.98 Å². The van der Waals surface area contributed by atoms with Crippen molar-refractivity contribution in [2.45, 2.75) is 19.3 Å². The molecule has 0 amide bonds. The first kappa shape index (κ1) is 21.2. The van der Waals surface area contributed by atoms with Gasteiger partial charge in [-0.3, -0.25) is 4.98 Å². The first-order valence-electron chi connectivity index (χ1n) is 10.1. The molecule has 3 heterocycles. The van der Waals surface area contributed by atoms with Crippen LogP contribution in [0.4, 0.5) is 0 Å². The second-order valence-electron chi connectivity index (χ2n) is 7.92. The molecule has 5 aromatic rings. The molecule has 0 aliphatic carbocycles. The molecule has 0 bridgehead atoms. The molecule has 0 radical (unpaired) electrons. The van der Waals surface area contributed by atoms with Crippen LogP contribution in [0.2, 0.25) is 0 Å². The predicted octanol–water partition coefficient (Wildman–Crippen LogP) is 6.04.